The van der Waals surface area contributed by atoms with E-state index in [4.69, 9.17) is 9.47 Å². The highest BCUT2D eigenvalue weighted by molar-refractivity contribution is 5.47. The minimum absolute atomic E-state index is 0.416. The number of nitrogens with one attached hydrogen (secondary N) is 1. The summed E-state index contributed by atoms with van der Waals surface area (Å²) < 4.78 is 11.3. The van der Waals surface area contributed by atoms with Crippen LogP contribution in [-0.2, 0) is 12.8 Å². The zero-order valence-corrected chi connectivity index (χ0v) is 13.0. The van der Waals surface area contributed by atoms with Gasteiger partial charge in [-0.05, 0) is 43.5 Å². The summed E-state index contributed by atoms with van der Waals surface area (Å²) in [6, 6.07) is 10.1. The van der Waals surface area contributed by atoms with E-state index in [1.807, 2.05) is 31.2 Å². The molecular formula is C17H21N3O2. The number of anilines is 1. The van der Waals surface area contributed by atoms with Crippen molar-refractivity contribution in [2.24, 2.45) is 5.92 Å². The molecule has 0 spiro atoms. The van der Waals surface area contributed by atoms with E-state index in [0.717, 1.165) is 42.4 Å². The van der Waals surface area contributed by atoms with Gasteiger partial charge in [-0.1, -0.05) is 12.1 Å². The molecule has 3 rings (SSSR count). The fourth-order valence-electron chi connectivity index (χ4n) is 2.79. The number of nitrogens with zero attached hydrogens (tertiary/aromatic N) is 2. The lowest BCUT2D eigenvalue weighted by Crippen LogP contribution is -2.23. The van der Waals surface area contributed by atoms with Gasteiger partial charge in [0.1, 0.15) is 5.82 Å². The van der Waals surface area contributed by atoms with E-state index in [0.29, 0.717) is 12.5 Å². The molecule has 2 aromatic rings. The topological polar surface area (TPSA) is 56.3 Å². The maximum absolute atomic E-state index is 5.91. The Morgan fingerprint density at radius 1 is 1.27 bits per heavy atom. The largest absolute Gasteiger partial charge is 0.493 e. The van der Waals surface area contributed by atoms with Crippen LogP contribution in [0.15, 0.2) is 30.3 Å². The number of para-hydroxylation sites is 1. The third-order valence-corrected chi connectivity index (χ3v) is 3.83. The van der Waals surface area contributed by atoms with Gasteiger partial charge >= 0.3 is 0 Å². The Labute approximate surface area is 130 Å². The van der Waals surface area contributed by atoms with Crippen LogP contribution in [0.4, 0.5) is 5.82 Å². The van der Waals surface area contributed by atoms with E-state index in [9.17, 15) is 0 Å². The van der Waals surface area contributed by atoms with Crippen molar-refractivity contribution in [3.05, 3.63) is 41.6 Å². The number of ether oxygens (including phenoxy) is 2. The van der Waals surface area contributed by atoms with E-state index in [-0.39, 0.29) is 0 Å². The van der Waals surface area contributed by atoms with Crippen molar-refractivity contribution >= 4 is 5.82 Å². The Kier molecular flexibility index (Phi) is 4.42. The summed E-state index contributed by atoms with van der Waals surface area (Å²) in [5.41, 5.74) is 2.20. The van der Waals surface area contributed by atoms with Crippen LogP contribution >= 0.6 is 0 Å². The van der Waals surface area contributed by atoms with Gasteiger partial charge in [0.05, 0.1) is 19.4 Å². The number of fused-ring (bicyclic) bond motifs is 1. The third kappa shape index (κ3) is 3.13. The minimum atomic E-state index is 0.416. The monoisotopic (exact) mass is 299 g/mol. The Morgan fingerprint density at radius 2 is 2.18 bits per heavy atom. The summed E-state index contributed by atoms with van der Waals surface area (Å²) in [5.74, 6) is 2.93. The smallest absolute Gasteiger partial charge is 0.164 e. The van der Waals surface area contributed by atoms with Crippen molar-refractivity contribution in [3.63, 3.8) is 0 Å². The Bertz CT molecular complexity index is 628. The number of rotatable bonds is 5. The summed E-state index contributed by atoms with van der Waals surface area (Å²) in [6.07, 6.45) is 1.85. The average molecular weight is 299 g/mol. The molecule has 0 unspecified atom stereocenters. The second-order valence-corrected chi connectivity index (χ2v) is 5.47. The summed E-state index contributed by atoms with van der Waals surface area (Å²) >= 11 is 0. The molecule has 1 aromatic carbocycles. The number of hydrogen-bond acceptors (Lipinski definition) is 5. The molecule has 0 radical (unpaired) electrons. The van der Waals surface area contributed by atoms with Crippen molar-refractivity contribution < 1.29 is 9.47 Å². The summed E-state index contributed by atoms with van der Waals surface area (Å²) in [4.78, 5) is 0. The first-order chi connectivity index (χ1) is 10.8. The molecule has 0 fully saturated rings. The molecule has 1 aliphatic heterocycles. The average Bonchev–Trinajstić information content (AvgIpc) is 2.56. The van der Waals surface area contributed by atoms with Crippen molar-refractivity contribution in [2.45, 2.75) is 19.8 Å². The number of benzene rings is 1. The van der Waals surface area contributed by atoms with Crippen LogP contribution in [0.3, 0.4) is 0 Å². The molecule has 1 atom stereocenters. The van der Waals surface area contributed by atoms with Crippen LogP contribution in [0.2, 0.25) is 0 Å². The van der Waals surface area contributed by atoms with E-state index in [1.54, 1.807) is 7.11 Å². The first-order valence-electron chi connectivity index (χ1n) is 7.65. The SMILES string of the molecule is CCNc1ccc(C[C@H]2COc3c(cccc3OC)C2)nn1. The molecule has 116 valence electrons. The number of methoxy groups -OCH3 is 1. The quantitative estimate of drug-likeness (QED) is 0.920. The molecule has 1 aliphatic rings. The molecule has 2 heterocycles. The minimum Gasteiger partial charge on any atom is -0.493 e. The van der Waals surface area contributed by atoms with Gasteiger partial charge in [-0.15, -0.1) is 5.10 Å². The van der Waals surface area contributed by atoms with E-state index >= 15 is 0 Å². The Balaban J connectivity index is 1.67. The highest BCUT2D eigenvalue weighted by atomic mass is 16.5. The maximum Gasteiger partial charge on any atom is 0.164 e. The molecule has 1 aromatic heterocycles. The van der Waals surface area contributed by atoms with Crippen molar-refractivity contribution in [1.29, 1.82) is 0 Å². The highest BCUT2D eigenvalue weighted by Crippen LogP contribution is 2.36. The second kappa shape index (κ2) is 6.64. The molecule has 0 aliphatic carbocycles. The standard InChI is InChI=1S/C17H21N3O2/c1-3-18-16-8-7-14(19-20-16)10-12-9-13-5-4-6-15(21-2)17(13)22-11-12/h4-8,12H,3,9-11H2,1-2H3,(H,18,20)/t12-/m0/s1. The van der Waals surface area contributed by atoms with Gasteiger partial charge in [0.2, 0.25) is 0 Å². The first-order valence-corrected chi connectivity index (χ1v) is 7.65. The highest BCUT2D eigenvalue weighted by Gasteiger charge is 2.23. The molecule has 1 N–H and O–H groups in total. The van der Waals surface area contributed by atoms with Crippen LogP contribution in [0.5, 0.6) is 11.5 Å². The van der Waals surface area contributed by atoms with Crippen LogP contribution < -0.4 is 14.8 Å². The third-order valence-electron chi connectivity index (χ3n) is 3.83. The predicted octanol–water partition coefficient (Wildman–Crippen LogP) is 2.71. The summed E-state index contributed by atoms with van der Waals surface area (Å²) in [5, 5.41) is 11.6. The fourth-order valence-corrected chi connectivity index (χ4v) is 2.79. The summed E-state index contributed by atoms with van der Waals surface area (Å²) in [6.45, 7) is 3.58. The normalized spacial score (nSPS) is 16.5. The predicted molar refractivity (Wildman–Crippen MR) is 85.6 cm³/mol. The van der Waals surface area contributed by atoms with E-state index in [2.05, 4.69) is 21.6 Å². The zero-order chi connectivity index (χ0) is 15.4. The van der Waals surface area contributed by atoms with Crippen LogP contribution in [-0.4, -0.2) is 30.5 Å². The number of hydrogen-bond donors (Lipinski definition) is 1. The fraction of sp³-hybridized carbons (Fsp3) is 0.412. The van der Waals surface area contributed by atoms with Crippen molar-refractivity contribution in [3.8, 4) is 11.5 Å². The van der Waals surface area contributed by atoms with Crippen LogP contribution in [0.25, 0.3) is 0 Å². The van der Waals surface area contributed by atoms with E-state index < -0.39 is 0 Å². The molecular weight excluding hydrogens is 278 g/mol. The van der Waals surface area contributed by atoms with Gasteiger partial charge in [0.25, 0.3) is 0 Å². The van der Waals surface area contributed by atoms with Crippen LogP contribution in [0, 0.1) is 5.92 Å². The molecule has 0 saturated carbocycles. The molecule has 22 heavy (non-hydrogen) atoms. The Hall–Kier alpha value is -2.30. The van der Waals surface area contributed by atoms with Gasteiger partial charge in [0.15, 0.2) is 11.5 Å². The first kappa shape index (κ1) is 14.6. The van der Waals surface area contributed by atoms with E-state index in [1.165, 1.54) is 5.56 Å². The molecule has 0 saturated heterocycles. The maximum atomic E-state index is 5.91. The molecule has 5 heteroatoms. The van der Waals surface area contributed by atoms with Gasteiger partial charge in [-0.2, -0.15) is 5.10 Å². The van der Waals surface area contributed by atoms with Crippen molar-refractivity contribution in [2.75, 3.05) is 25.6 Å². The molecule has 0 bridgehead atoms. The lowest BCUT2D eigenvalue weighted by Gasteiger charge is -2.26. The number of aromatic nitrogens is 2. The van der Waals surface area contributed by atoms with Crippen LogP contribution in [0.1, 0.15) is 18.2 Å². The Morgan fingerprint density at radius 3 is 2.91 bits per heavy atom. The van der Waals surface area contributed by atoms with Gasteiger partial charge < -0.3 is 14.8 Å². The zero-order valence-electron chi connectivity index (χ0n) is 13.0. The van der Waals surface area contributed by atoms with Gasteiger partial charge in [-0.3, -0.25) is 0 Å². The second-order valence-electron chi connectivity index (χ2n) is 5.47. The lowest BCUT2D eigenvalue weighted by atomic mass is 9.92. The summed E-state index contributed by atoms with van der Waals surface area (Å²) in [7, 11) is 1.67. The lowest BCUT2D eigenvalue weighted by molar-refractivity contribution is 0.210. The van der Waals surface area contributed by atoms with Gasteiger partial charge in [0, 0.05) is 12.5 Å². The van der Waals surface area contributed by atoms with Crippen molar-refractivity contribution in [1.82, 2.24) is 10.2 Å². The molecule has 5 nitrogen and oxygen atoms in total. The van der Waals surface area contributed by atoms with Gasteiger partial charge in [-0.25, -0.2) is 0 Å². The molecule has 0 amide bonds.